The Morgan fingerprint density at radius 2 is 1.59 bits per heavy atom. The van der Waals surface area contributed by atoms with E-state index in [-0.39, 0.29) is 5.56 Å². The van der Waals surface area contributed by atoms with Crippen LogP contribution >= 0.6 is 35.0 Å². The minimum absolute atomic E-state index is 0.107. The molecule has 4 rings (SSSR count). The van der Waals surface area contributed by atoms with Crippen LogP contribution in [0.15, 0.2) is 82.7 Å². The van der Waals surface area contributed by atoms with Crippen LogP contribution in [-0.4, -0.2) is 9.55 Å². The topological polar surface area (TPSA) is 34.9 Å². The number of hydrogen-bond donors (Lipinski definition) is 0. The lowest BCUT2D eigenvalue weighted by Crippen LogP contribution is -2.21. The fourth-order valence-corrected chi connectivity index (χ4v) is 4.21. The first kappa shape index (κ1) is 18.1. The standard InChI is InChI=1S/C21H14Cl2N2OS/c22-15-9-11-16(12-10-15)25-20(26)17-6-2-4-8-19(17)24-21(25)27-13-14-5-1-3-7-18(14)23/h1-12H,13H2. The average molecular weight is 413 g/mol. The highest BCUT2D eigenvalue weighted by molar-refractivity contribution is 7.98. The Morgan fingerprint density at radius 1 is 0.889 bits per heavy atom. The van der Waals surface area contributed by atoms with Crippen LogP contribution in [0, 0.1) is 0 Å². The lowest BCUT2D eigenvalue weighted by Gasteiger charge is -2.13. The smallest absolute Gasteiger partial charge is 0.266 e. The molecule has 0 spiro atoms. The molecule has 0 saturated heterocycles. The number of fused-ring (bicyclic) bond motifs is 1. The van der Waals surface area contributed by atoms with E-state index in [1.54, 1.807) is 22.8 Å². The molecule has 1 aromatic heterocycles. The highest BCUT2D eigenvalue weighted by Crippen LogP contribution is 2.27. The van der Waals surface area contributed by atoms with Crippen molar-refractivity contribution < 1.29 is 0 Å². The van der Waals surface area contributed by atoms with Gasteiger partial charge in [0.1, 0.15) is 0 Å². The molecule has 6 heteroatoms. The first-order valence-electron chi connectivity index (χ1n) is 8.27. The van der Waals surface area contributed by atoms with Crippen LogP contribution in [-0.2, 0) is 5.75 Å². The van der Waals surface area contributed by atoms with E-state index < -0.39 is 0 Å². The van der Waals surface area contributed by atoms with Crippen molar-refractivity contribution in [3.8, 4) is 5.69 Å². The van der Waals surface area contributed by atoms with Gasteiger partial charge < -0.3 is 0 Å². The van der Waals surface area contributed by atoms with E-state index >= 15 is 0 Å². The van der Waals surface area contributed by atoms with Crippen LogP contribution in [0.1, 0.15) is 5.56 Å². The third-order valence-corrected chi connectivity index (χ3v) is 5.75. The Morgan fingerprint density at radius 3 is 2.37 bits per heavy atom. The van der Waals surface area contributed by atoms with Gasteiger partial charge in [0.25, 0.3) is 5.56 Å². The SMILES string of the molecule is O=c1c2ccccc2nc(SCc2ccccc2Cl)n1-c1ccc(Cl)cc1. The molecule has 0 atom stereocenters. The zero-order chi connectivity index (χ0) is 18.8. The van der Waals surface area contributed by atoms with Gasteiger partial charge in [-0.3, -0.25) is 9.36 Å². The molecule has 3 aromatic carbocycles. The van der Waals surface area contributed by atoms with Crippen molar-refractivity contribution in [1.82, 2.24) is 9.55 Å². The first-order valence-corrected chi connectivity index (χ1v) is 10.0. The number of halogens is 2. The fraction of sp³-hybridized carbons (Fsp3) is 0.0476. The molecule has 4 aromatic rings. The Labute approximate surface area is 170 Å². The summed E-state index contributed by atoms with van der Waals surface area (Å²) < 4.78 is 1.63. The lowest BCUT2D eigenvalue weighted by molar-refractivity contribution is 0.819. The van der Waals surface area contributed by atoms with Crippen LogP contribution in [0.4, 0.5) is 0 Å². The monoisotopic (exact) mass is 412 g/mol. The number of thioether (sulfide) groups is 1. The number of nitrogens with zero attached hydrogens (tertiary/aromatic N) is 2. The second-order valence-corrected chi connectivity index (χ2v) is 7.69. The number of rotatable bonds is 4. The van der Waals surface area contributed by atoms with Crippen LogP contribution in [0.25, 0.3) is 16.6 Å². The predicted molar refractivity (Wildman–Crippen MR) is 113 cm³/mol. The zero-order valence-electron chi connectivity index (χ0n) is 14.1. The molecular weight excluding hydrogens is 399 g/mol. The van der Waals surface area contributed by atoms with E-state index in [0.717, 1.165) is 11.3 Å². The van der Waals surface area contributed by atoms with E-state index in [9.17, 15) is 4.79 Å². The molecule has 0 unspecified atom stereocenters. The van der Waals surface area contributed by atoms with Crippen LogP contribution < -0.4 is 5.56 Å². The Hall–Kier alpha value is -2.27. The van der Waals surface area contributed by atoms with Gasteiger partial charge in [-0.25, -0.2) is 4.98 Å². The van der Waals surface area contributed by atoms with Crippen LogP contribution in [0.3, 0.4) is 0 Å². The number of hydrogen-bond acceptors (Lipinski definition) is 3. The van der Waals surface area contributed by atoms with Crippen molar-refractivity contribution in [2.75, 3.05) is 0 Å². The Kier molecular flexibility index (Phi) is 5.21. The van der Waals surface area contributed by atoms with Crippen molar-refractivity contribution in [2.24, 2.45) is 0 Å². The van der Waals surface area contributed by atoms with E-state index in [0.29, 0.717) is 31.9 Å². The summed E-state index contributed by atoms with van der Waals surface area (Å²) in [6.45, 7) is 0. The lowest BCUT2D eigenvalue weighted by atomic mass is 10.2. The van der Waals surface area contributed by atoms with Gasteiger partial charge in [0.2, 0.25) is 0 Å². The molecule has 0 saturated carbocycles. The van der Waals surface area contributed by atoms with Crippen LogP contribution in [0.5, 0.6) is 0 Å². The highest BCUT2D eigenvalue weighted by atomic mass is 35.5. The van der Waals surface area contributed by atoms with Crippen molar-refractivity contribution in [3.63, 3.8) is 0 Å². The molecule has 1 heterocycles. The number of benzene rings is 3. The van der Waals surface area contributed by atoms with E-state index in [4.69, 9.17) is 28.2 Å². The normalized spacial score (nSPS) is 11.0. The van der Waals surface area contributed by atoms with Crippen molar-refractivity contribution >= 4 is 45.9 Å². The zero-order valence-corrected chi connectivity index (χ0v) is 16.4. The maximum Gasteiger partial charge on any atom is 0.266 e. The average Bonchev–Trinajstić information content (AvgIpc) is 2.69. The van der Waals surface area contributed by atoms with Gasteiger partial charge in [0, 0.05) is 15.8 Å². The number of para-hydroxylation sites is 1. The molecule has 3 nitrogen and oxygen atoms in total. The summed E-state index contributed by atoms with van der Waals surface area (Å²) in [5, 5.41) is 2.51. The van der Waals surface area contributed by atoms with Crippen molar-refractivity contribution in [3.05, 3.63) is 98.8 Å². The van der Waals surface area contributed by atoms with E-state index in [1.165, 1.54) is 11.8 Å². The quantitative estimate of drug-likeness (QED) is 0.305. The molecule has 0 N–H and O–H groups in total. The third-order valence-electron chi connectivity index (χ3n) is 4.14. The minimum Gasteiger partial charge on any atom is -0.268 e. The second kappa shape index (κ2) is 7.77. The summed E-state index contributed by atoms with van der Waals surface area (Å²) in [6.07, 6.45) is 0. The molecule has 27 heavy (non-hydrogen) atoms. The Bertz CT molecular complexity index is 1170. The Balaban J connectivity index is 1.84. The summed E-state index contributed by atoms with van der Waals surface area (Å²) in [4.78, 5) is 17.9. The molecular formula is C21H14Cl2N2OS. The van der Waals surface area contributed by atoms with Gasteiger partial charge in [-0.1, -0.05) is 65.3 Å². The van der Waals surface area contributed by atoms with Gasteiger partial charge in [-0.15, -0.1) is 0 Å². The molecule has 0 aliphatic rings. The minimum atomic E-state index is -0.107. The second-order valence-electron chi connectivity index (χ2n) is 5.91. The molecule has 0 aliphatic carbocycles. The summed E-state index contributed by atoms with van der Waals surface area (Å²) in [6, 6.07) is 22.2. The molecule has 134 valence electrons. The summed E-state index contributed by atoms with van der Waals surface area (Å²) >= 11 is 13.8. The summed E-state index contributed by atoms with van der Waals surface area (Å²) in [5.41, 5.74) is 2.29. The maximum absolute atomic E-state index is 13.2. The van der Waals surface area contributed by atoms with E-state index in [2.05, 4.69) is 0 Å². The maximum atomic E-state index is 13.2. The summed E-state index contributed by atoms with van der Waals surface area (Å²) in [5.74, 6) is 0.609. The summed E-state index contributed by atoms with van der Waals surface area (Å²) in [7, 11) is 0. The highest BCUT2D eigenvalue weighted by Gasteiger charge is 2.14. The van der Waals surface area contributed by atoms with Gasteiger partial charge in [0.05, 0.1) is 16.6 Å². The third kappa shape index (κ3) is 3.74. The van der Waals surface area contributed by atoms with Crippen molar-refractivity contribution in [2.45, 2.75) is 10.9 Å². The molecule has 0 bridgehead atoms. The van der Waals surface area contributed by atoms with Gasteiger partial charge in [-0.05, 0) is 48.0 Å². The first-order chi connectivity index (χ1) is 13.1. The molecule has 0 fully saturated rings. The molecule has 0 amide bonds. The van der Waals surface area contributed by atoms with Gasteiger partial charge >= 0.3 is 0 Å². The van der Waals surface area contributed by atoms with Gasteiger partial charge in [-0.2, -0.15) is 0 Å². The largest absolute Gasteiger partial charge is 0.268 e. The van der Waals surface area contributed by atoms with E-state index in [1.807, 2.05) is 54.6 Å². The molecule has 0 radical (unpaired) electrons. The number of aromatic nitrogens is 2. The molecule has 0 aliphatic heterocycles. The van der Waals surface area contributed by atoms with Gasteiger partial charge in [0.15, 0.2) is 5.16 Å². The fourth-order valence-electron chi connectivity index (χ4n) is 2.78. The van der Waals surface area contributed by atoms with Crippen molar-refractivity contribution in [1.29, 1.82) is 0 Å². The predicted octanol–water partition coefficient (Wildman–Crippen LogP) is 5.98. The van der Waals surface area contributed by atoms with Crippen LogP contribution in [0.2, 0.25) is 10.0 Å².